The van der Waals surface area contributed by atoms with Crippen LogP contribution in [0.1, 0.15) is 44.8 Å². The second kappa shape index (κ2) is 33.2. The Hall–Kier alpha value is -12.7. The molecule has 9 aromatic heterocycles. The van der Waals surface area contributed by atoms with Crippen molar-refractivity contribution in [1.82, 2.24) is 73.7 Å². The normalized spacial score (nSPS) is 13.9. The van der Waals surface area contributed by atoms with E-state index in [0.717, 1.165) is 155 Å². The number of likely N-dealkylation sites (N-methyl/N-ethyl adjacent to an activating group) is 2. The van der Waals surface area contributed by atoms with Gasteiger partial charge in [-0.15, -0.1) is 0 Å². The second-order valence-corrected chi connectivity index (χ2v) is 25.8. The smallest absolute Gasteiger partial charge is 0.288 e. The molecular weight excluding hydrogens is 1380 g/mol. The number of aromatic nitrogens is 12. The van der Waals surface area contributed by atoms with E-state index in [1.807, 2.05) is 116 Å². The predicted molar refractivity (Wildman–Crippen MR) is 414 cm³/mol. The Bertz CT molecular complexity index is 5340. The fraction of sp³-hybridized carbons (Fsp3) is 0.308. The molecule has 0 bridgehead atoms. The van der Waals surface area contributed by atoms with Crippen LogP contribution >= 0.6 is 0 Å². The minimum absolute atomic E-state index is 0.0000394. The molecule has 3 aliphatic heterocycles. The number of rotatable bonds is 19. The number of benzene rings is 3. The number of pyridine rings is 3. The van der Waals surface area contributed by atoms with Crippen LogP contribution in [0.3, 0.4) is 0 Å². The zero-order chi connectivity index (χ0) is 75.5. The van der Waals surface area contributed by atoms with Gasteiger partial charge in [0, 0.05) is 131 Å². The molecule has 3 fully saturated rings. The molecule has 4 N–H and O–H groups in total. The summed E-state index contributed by atoms with van der Waals surface area (Å²) in [6, 6.07) is 27.0. The molecule has 15 rings (SSSR count). The number of anilines is 9. The van der Waals surface area contributed by atoms with Gasteiger partial charge < -0.3 is 73.7 Å². The number of aryl methyl sites for hydroxylation is 6. The first-order valence-corrected chi connectivity index (χ1v) is 35.7. The van der Waals surface area contributed by atoms with E-state index in [2.05, 4.69) is 119 Å². The van der Waals surface area contributed by atoms with E-state index in [1.165, 1.54) is 19.0 Å². The lowest BCUT2D eigenvalue weighted by atomic mass is 10.2. The Balaban J connectivity index is 0.000000143. The van der Waals surface area contributed by atoms with Crippen LogP contribution in [-0.2, 0) is 19.6 Å². The monoisotopic (exact) mass is 1460 g/mol. The summed E-state index contributed by atoms with van der Waals surface area (Å²) < 4.78 is 69.3. The summed E-state index contributed by atoms with van der Waals surface area (Å²) in [5.74, 6) is 0.762. The van der Waals surface area contributed by atoms with Gasteiger partial charge in [0.25, 0.3) is 17.1 Å². The van der Waals surface area contributed by atoms with E-state index in [9.17, 15) is 0 Å². The molecule has 0 unspecified atom stereocenters. The van der Waals surface area contributed by atoms with Crippen molar-refractivity contribution in [2.75, 3.05) is 123 Å². The zero-order valence-electron chi connectivity index (χ0n) is 61.2. The maximum Gasteiger partial charge on any atom is 0.288 e. The lowest BCUT2D eigenvalue weighted by Gasteiger charge is -2.35. The van der Waals surface area contributed by atoms with E-state index in [-0.39, 0.29) is 69.4 Å². The number of ether oxygens (including phenoxy) is 3. The van der Waals surface area contributed by atoms with Crippen LogP contribution in [0.2, 0.25) is 0 Å². The first-order valence-electron chi connectivity index (χ1n) is 35.7. The van der Waals surface area contributed by atoms with Crippen molar-refractivity contribution < 1.29 is 27.4 Å². The fourth-order valence-corrected chi connectivity index (χ4v) is 13.5. The van der Waals surface area contributed by atoms with Gasteiger partial charge in [0.1, 0.15) is 53.9 Å². The molecule has 0 saturated carbocycles. The second-order valence-electron chi connectivity index (χ2n) is 25.8. The van der Waals surface area contributed by atoms with E-state index in [1.54, 1.807) is 48.8 Å². The fourth-order valence-electron chi connectivity index (χ4n) is 13.5. The standard InChI is InChI=1S/C27H29FN8O.C26H27FN8O.C25H25FN8O/c1-5-34-11-13-35(14-12-34)19-7-10-23(30-16-19)33-26-25(29-4)27(32-17-31-26)37-22-9-8-21-20(24(22)28)15-18(3)36(21)6-2;1-5-35-17(2)14-19-20(35)7-8-21(23(19)27)36-26-24(28-3)25(30-16-31-26)32-22-9-6-18(15-29-22)34-12-10-33(4)11-13-34;1-4-34-16(2)13-18-19(34)6-7-20(22(18)26)35-25-23(27-3)24(30-15-31-25)32-21-8-5-17(14-29-21)33-11-9-28-10-12-33/h7-10,15-17H,5-6,11-14H2,1-3H3,(H,30,31,32,33);6-9,14-16H,5,10-13H2,1-2,4H3,(H,29,30,31,32);5-8,13-15,28H,4,9-12H2,1-2H3,(H,29,30,31,32). The van der Waals surface area contributed by atoms with Gasteiger partial charge in [0.2, 0.25) is 17.6 Å². The molecule has 12 heterocycles. The quantitative estimate of drug-likeness (QED) is 0.0551. The van der Waals surface area contributed by atoms with E-state index in [0.29, 0.717) is 33.6 Å². The molecule has 108 heavy (non-hydrogen) atoms. The van der Waals surface area contributed by atoms with Crippen LogP contribution in [-0.4, -0.2) is 160 Å². The molecule has 3 saturated heterocycles. The van der Waals surface area contributed by atoms with Gasteiger partial charge in [0.05, 0.1) is 71.9 Å². The molecule has 0 radical (unpaired) electrons. The lowest BCUT2D eigenvalue weighted by molar-refractivity contribution is 0.271. The molecule has 3 aliphatic rings. The molecule has 0 atom stereocenters. The van der Waals surface area contributed by atoms with E-state index in [4.69, 9.17) is 33.9 Å². The highest BCUT2D eigenvalue weighted by molar-refractivity contribution is 5.87. The van der Waals surface area contributed by atoms with Gasteiger partial charge >= 0.3 is 0 Å². The molecule has 0 aliphatic carbocycles. The highest BCUT2D eigenvalue weighted by Gasteiger charge is 2.25. The van der Waals surface area contributed by atoms with Crippen molar-refractivity contribution in [3.05, 3.63) is 197 Å². The third-order valence-electron chi connectivity index (χ3n) is 19.4. The number of fused-ring (bicyclic) bond motifs is 3. The lowest BCUT2D eigenvalue weighted by Crippen LogP contribution is -2.46. The highest BCUT2D eigenvalue weighted by Crippen LogP contribution is 2.43. The van der Waals surface area contributed by atoms with Gasteiger partial charge in [-0.2, -0.15) is 0 Å². The van der Waals surface area contributed by atoms with Crippen LogP contribution in [0.15, 0.2) is 129 Å². The van der Waals surface area contributed by atoms with Gasteiger partial charge in [0.15, 0.2) is 34.7 Å². The Kier molecular flexibility index (Phi) is 22.6. The number of nitrogens with zero attached hydrogens (tertiary/aromatic N) is 20. The molecule has 0 spiro atoms. The summed E-state index contributed by atoms with van der Waals surface area (Å²) in [7, 11) is 2.12. The Morgan fingerprint density at radius 3 is 1.03 bits per heavy atom. The van der Waals surface area contributed by atoms with Crippen molar-refractivity contribution >= 4 is 102 Å². The van der Waals surface area contributed by atoms with Crippen molar-refractivity contribution in [2.24, 2.45) is 0 Å². The molecule has 30 heteroatoms. The Labute approximate surface area is 623 Å². The maximum absolute atomic E-state index is 15.3. The Morgan fingerprint density at radius 1 is 0.407 bits per heavy atom. The molecular formula is C78H81F3N24O3. The molecule has 552 valence electrons. The van der Waals surface area contributed by atoms with Crippen molar-refractivity contribution in [2.45, 2.75) is 68.1 Å². The van der Waals surface area contributed by atoms with E-state index < -0.39 is 17.5 Å². The first-order chi connectivity index (χ1) is 52.6. The summed E-state index contributed by atoms with van der Waals surface area (Å²) in [6.45, 7) is 52.0. The minimum Gasteiger partial charge on any atom is -0.446 e. The summed E-state index contributed by atoms with van der Waals surface area (Å²) in [4.78, 5) is 60.6. The number of nitrogens with one attached hydrogen (secondary N) is 4. The number of piperazine rings is 3. The van der Waals surface area contributed by atoms with Crippen molar-refractivity contribution in [1.29, 1.82) is 0 Å². The van der Waals surface area contributed by atoms with E-state index >= 15 is 13.2 Å². The van der Waals surface area contributed by atoms with Crippen LogP contribution in [0.25, 0.3) is 47.2 Å². The van der Waals surface area contributed by atoms with Gasteiger partial charge in [-0.05, 0) is 146 Å². The van der Waals surface area contributed by atoms with Crippen LogP contribution in [0.5, 0.6) is 34.9 Å². The molecule has 0 amide bonds. The summed E-state index contributed by atoms with van der Waals surface area (Å²) >= 11 is 0. The largest absolute Gasteiger partial charge is 0.446 e. The average molecular weight is 1460 g/mol. The van der Waals surface area contributed by atoms with Gasteiger partial charge in [-0.3, -0.25) is 0 Å². The predicted octanol–water partition coefficient (Wildman–Crippen LogP) is 15.4. The van der Waals surface area contributed by atoms with Crippen LogP contribution in [0, 0.1) is 57.9 Å². The topological polar surface area (TPSA) is 236 Å². The van der Waals surface area contributed by atoms with Crippen molar-refractivity contribution in [3.63, 3.8) is 0 Å². The summed E-state index contributed by atoms with van der Waals surface area (Å²) in [6.07, 6.45) is 9.24. The van der Waals surface area contributed by atoms with Gasteiger partial charge in [-0.25, -0.2) is 72.6 Å². The number of hydrogen-bond acceptors (Lipinski definition) is 21. The summed E-state index contributed by atoms with van der Waals surface area (Å²) in [5, 5.41) is 13.9. The molecule has 3 aromatic carbocycles. The van der Waals surface area contributed by atoms with Gasteiger partial charge in [-0.1, -0.05) is 6.92 Å². The third-order valence-corrected chi connectivity index (χ3v) is 19.4. The third kappa shape index (κ3) is 15.8. The van der Waals surface area contributed by atoms with Crippen LogP contribution < -0.4 is 50.2 Å². The first kappa shape index (κ1) is 73.6. The SMILES string of the molecule is [C-]#[N+]c1c(Nc2ccc(N3CCN(C)CC3)cn2)ncnc1Oc1ccc2c(cc(C)n2CC)c1F.[C-]#[N+]c1c(Nc2ccc(N3CCN(CC)CC3)cn2)ncnc1Oc1ccc2c(cc(C)n2CC)c1F.[C-]#[N+]c1c(Nc2ccc(N3CCNCC3)cn2)ncnc1Oc1ccc2c(cc(C)n2CC)c1F. The highest BCUT2D eigenvalue weighted by atomic mass is 19.1. The summed E-state index contributed by atoms with van der Waals surface area (Å²) in [5.41, 5.74) is 8.54. The molecule has 12 aromatic rings. The maximum atomic E-state index is 15.3. The minimum atomic E-state index is -0.493. The van der Waals surface area contributed by atoms with Crippen molar-refractivity contribution in [3.8, 4) is 34.9 Å². The zero-order valence-corrected chi connectivity index (χ0v) is 61.2. The Morgan fingerprint density at radius 2 is 0.731 bits per heavy atom. The average Bonchev–Trinajstić information content (AvgIpc) is 1.67. The van der Waals surface area contributed by atoms with Crippen LogP contribution in [0.4, 0.5) is 82.2 Å². The number of halogens is 3. The molecule has 27 nitrogen and oxygen atoms in total. The number of hydrogen-bond donors (Lipinski definition) is 4.